The third kappa shape index (κ3) is 11.3. The smallest absolute Gasteiger partial charge is 0.493 e. The van der Waals surface area contributed by atoms with E-state index in [4.69, 9.17) is 20.3 Å². The summed E-state index contributed by atoms with van der Waals surface area (Å²) in [5, 5.41) is 0. The van der Waals surface area contributed by atoms with Crippen LogP contribution in [0.3, 0.4) is 0 Å². The van der Waals surface area contributed by atoms with E-state index >= 15 is 0 Å². The van der Waals surface area contributed by atoms with E-state index in [0.717, 1.165) is 18.2 Å². The fourth-order valence-electron chi connectivity index (χ4n) is 3.35. The average molecular weight is 559 g/mol. The molecular weight excluding hydrogens is 531 g/mol. The lowest BCUT2D eigenvalue weighted by Crippen LogP contribution is -2.44. The Bertz CT molecular complexity index is 1060. The summed E-state index contributed by atoms with van der Waals surface area (Å²) in [6.45, 7) is 1.15. The van der Waals surface area contributed by atoms with Gasteiger partial charge < -0.3 is 25.0 Å². The van der Waals surface area contributed by atoms with Crippen molar-refractivity contribution in [2.75, 3.05) is 13.2 Å². The average Bonchev–Trinajstić information content (AvgIpc) is 2.78. The number of hydrogen-bond donors (Lipinski definition) is 3. The van der Waals surface area contributed by atoms with Crippen molar-refractivity contribution in [2.45, 2.75) is 57.1 Å². The van der Waals surface area contributed by atoms with E-state index in [2.05, 4.69) is 9.26 Å². The number of alkyl halides is 6. The van der Waals surface area contributed by atoms with Gasteiger partial charge in [0, 0.05) is 5.54 Å². The Morgan fingerprint density at radius 3 is 2.11 bits per heavy atom. The Kier molecular flexibility index (Phi) is 10.4. The predicted molar refractivity (Wildman–Crippen MR) is 122 cm³/mol. The molecule has 0 saturated heterocycles. The highest BCUT2D eigenvalue weighted by Crippen LogP contribution is 2.39. The van der Waals surface area contributed by atoms with Crippen LogP contribution < -0.4 is 15.2 Å². The first kappa shape index (κ1) is 30.9. The second-order valence-electron chi connectivity index (χ2n) is 8.45. The maximum Gasteiger partial charge on any atom is 0.573 e. The van der Waals surface area contributed by atoms with Gasteiger partial charge in [0.1, 0.15) is 11.5 Å². The van der Waals surface area contributed by atoms with Gasteiger partial charge in [-0.05, 0) is 67.5 Å². The van der Waals surface area contributed by atoms with Crippen LogP contribution in [0.2, 0.25) is 0 Å². The normalized spacial score (nSPS) is 14.3. The van der Waals surface area contributed by atoms with E-state index < -0.39 is 38.1 Å². The molecule has 0 unspecified atom stereocenters. The van der Waals surface area contributed by atoms with E-state index in [9.17, 15) is 30.9 Å². The molecule has 0 heterocycles. The highest BCUT2D eigenvalue weighted by molar-refractivity contribution is 7.46. The van der Waals surface area contributed by atoms with Crippen molar-refractivity contribution in [1.82, 2.24) is 0 Å². The fraction of sp³-hybridized carbons (Fsp3) is 0.478. The molecule has 4 N–H and O–H groups in total. The summed E-state index contributed by atoms with van der Waals surface area (Å²) >= 11 is 0. The number of aryl methyl sites for hydroxylation is 2. The highest BCUT2D eigenvalue weighted by atomic mass is 31.2. The van der Waals surface area contributed by atoms with Crippen LogP contribution in [0.15, 0.2) is 42.5 Å². The van der Waals surface area contributed by atoms with Crippen LogP contribution in [0.5, 0.6) is 11.5 Å². The monoisotopic (exact) mass is 559 g/mol. The summed E-state index contributed by atoms with van der Waals surface area (Å²) in [7, 11) is -4.74. The van der Waals surface area contributed by atoms with Crippen LogP contribution >= 0.6 is 7.82 Å². The molecule has 208 valence electrons. The first-order chi connectivity index (χ1) is 17.0. The molecule has 0 spiro atoms. The van der Waals surface area contributed by atoms with Crippen molar-refractivity contribution < 1.29 is 54.7 Å². The minimum atomic E-state index is -4.80. The molecule has 2 aromatic carbocycles. The Balaban J connectivity index is 1.97. The molecule has 0 aliphatic rings. The number of phosphoric ester groups is 1. The lowest BCUT2D eigenvalue weighted by molar-refractivity contribution is -0.274. The Morgan fingerprint density at radius 2 is 1.57 bits per heavy atom. The lowest BCUT2D eigenvalue weighted by atomic mass is 9.90. The van der Waals surface area contributed by atoms with Gasteiger partial charge in [-0.2, -0.15) is 13.2 Å². The van der Waals surface area contributed by atoms with Crippen molar-refractivity contribution in [3.05, 3.63) is 59.2 Å². The molecule has 0 fully saturated rings. The standard InChI is InChI=1S/C23H28F6NO6P/c1-2-21(30,15-35-37(31,32)33)12-11-17-7-10-20(19(14-17)22(24,25)26)34-13-3-4-16-5-8-18(9-6-16)36-23(27,28)29/h5-10,14H,2-4,11-13,15,30H2,1H3,(H2,31,32,33)/t21-/m1/s1. The Labute approximate surface area is 209 Å². The summed E-state index contributed by atoms with van der Waals surface area (Å²) in [6, 6.07) is 8.73. The third-order valence-corrected chi connectivity index (χ3v) is 5.97. The number of rotatable bonds is 13. The van der Waals surface area contributed by atoms with Gasteiger partial charge >= 0.3 is 20.4 Å². The molecule has 7 nitrogen and oxygen atoms in total. The summed E-state index contributed by atoms with van der Waals surface area (Å²) < 4.78 is 102. The number of nitrogens with two attached hydrogens (primary N) is 1. The second-order valence-corrected chi connectivity index (χ2v) is 9.69. The number of benzene rings is 2. The van der Waals surface area contributed by atoms with Gasteiger partial charge in [0.2, 0.25) is 0 Å². The van der Waals surface area contributed by atoms with Gasteiger partial charge in [0.05, 0.1) is 18.8 Å². The van der Waals surface area contributed by atoms with Crippen molar-refractivity contribution in [2.24, 2.45) is 5.73 Å². The van der Waals surface area contributed by atoms with Crippen LogP contribution in [-0.4, -0.2) is 34.9 Å². The van der Waals surface area contributed by atoms with Gasteiger partial charge in [-0.25, -0.2) is 4.57 Å². The number of ether oxygens (including phenoxy) is 2. The zero-order valence-electron chi connectivity index (χ0n) is 19.8. The molecule has 0 amide bonds. The number of halogens is 6. The third-order valence-electron chi connectivity index (χ3n) is 5.51. The first-order valence-electron chi connectivity index (χ1n) is 11.2. The first-order valence-corrected chi connectivity index (χ1v) is 12.7. The SMILES string of the molecule is CC[C@@](N)(CCc1ccc(OCCCc2ccc(OC(F)(F)F)cc2)c(C(F)(F)F)c1)COP(=O)(O)O. The van der Waals surface area contributed by atoms with Crippen LogP contribution in [0.25, 0.3) is 0 Å². The van der Waals surface area contributed by atoms with E-state index in [-0.39, 0.29) is 37.4 Å². The summed E-state index contributed by atoms with van der Waals surface area (Å²) in [4.78, 5) is 17.7. The molecule has 0 aliphatic heterocycles. The molecule has 0 saturated carbocycles. The molecule has 14 heteroatoms. The van der Waals surface area contributed by atoms with Crippen LogP contribution in [-0.2, 0) is 28.1 Å². The highest BCUT2D eigenvalue weighted by Gasteiger charge is 2.35. The fourth-order valence-corrected chi connectivity index (χ4v) is 3.78. The molecule has 0 radical (unpaired) electrons. The quantitative estimate of drug-likeness (QED) is 0.162. The van der Waals surface area contributed by atoms with E-state index in [1.54, 1.807) is 6.92 Å². The minimum absolute atomic E-state index is 0.0648. The Hall–Kier alpha value is -2.31. The minimum Gasteiger partial charge on any atom is -0.493 e. The van der Waals surface area contributed by atoms with Gasteiger partial charge in [0.15, 0.2) is 0 Å². The molecule has 2 aromatic rings. The summed E-state index contributed by atoms with van der Waals surface area (Å²) in [5.41, 5.74) is 4.94. The maximum atomic E-state index is 13.6. The van der Waals surface area contributed by atoms with Crippen LogP contribution in [0.1, 0.15) is 42.9 Å². The maximum absolute atomic E-state index is 13.6. The van der Waals surface area contributed by atoms with Gasteiger partial charge in [0.25, 0.3) is 0 Å². The largest absolute Gasteiger partial charge is 0.573 e. The van der Waals surface area contributed by atoms with E-state index in [0.29, 0.717) is 24.0 Å². The molecule has 2 rings (SSSR count). The Morgan fingerprint density at radius 1 is 0.946 bits per heavy atom. The van der Waals surface area contributed by atoms with Crippen LogP contribution in [0.4, 0.5) is 26.3 Å². The molecule has 0 aromatic heterocycles. The van der Waals surface area contributed by atoms with Crippen molar-refractivity contribution >= 4 is 7.82 Å². The predicted octanol–water partition coefficient (Wildman–Crippen LogP) is 5.77. The zero-order chi connectivity index (χ0) is 27.9. The topological polar surface area (TPSA) is 111 Å². The van der Waals surface area contributed by atoms with Gasteiger partial charge in [-0.15, -0.1) is 13.2 Å². The lowest BCUT2D eigenvalue weighted by Gasteiger charge is -2.28. The molecular formula is C23H28F6NO6P. The zero-order valence-corrected chi connectivity index (χ0v) is 20.7. The molecule has 37 heavy (non-hydrogen) atoms. The molecule has 1 atom stereocenters. The van der Waals surface area contributed by atoms with E-state index in [1.807, 2.05) is 0 Å². The molecule has 0 bridgehead atoms. The van der Waals surface area contributed by atoms with Gasteiger partial charge in [-0.1, -0.05) is 25.1 Å². The summed E-state index contributed by atoms with van der Waals surface area (Å²) in [5.74, 6) is -0.743. The van der Waals surface area contributed by atoms with E-state index in [1.165, 1.54) is 24.3 Å². The van der Waals surface area contributed by atoms with Crippen molar-refractivity contribution in [3.8, 4) is 11.5 Å². The van der Waals surface area contributed by atoms with Gasteiger partial charge in [-0.3, -0.25) is 4.52 Å². The summed E-state index contributed by atoms with van der Waals surface area (Å²) in [6.07, 6.45) is -8.33. The molecule has 0 aliphatic carbocycles. The number of hydrogen-bond acceptors (Lipinski definition) is 5. The van der Waals surface area contributed by atoms with Crippen molar-refractivity contribution in [3.63, 3.8) is 0 Å². The number of phosphoric acid groups is 1. The second kappa shape index (κ2) is 12.5. The van der Waals surface area contributed by atoms with Crippen LogP contribution in [0, 0.1) is 0 Å². The van der Waals surface area contributed by atoms with Crippen molar-refractivity contribution in [1.29, 1.82) is 0 Å².